The van der Waals surface area contributed by atoms with Gasteiger partial charge in [-0.15, -0.1) is 6.42 Å². The van der Waals surface area contributed by atoms with Gasteiger partial charge in [0, 0.05) is 10.9 Å². The third-order valence-corrected chi connectivity index (χ3v) is 5.42. The molecule has 0 fully saturated rings. The summed E-state index contributed by atoms with van der Waals surface area (Å²) in [5, 5.41) is 1.77. The number of carbonyl (C=O) groups is 1. The predicted molar refractivity (Wildman–Crippen MR) is 125 cm³/mol. The van der Waals surface area contributed by atoms with Crippen LogP contribution in [0.5, 0.6) is 5.75 Å². The summed E-state index contributed by atoms with van der Waals surface area (Å²) in [5.74, 6) is 3.38. The molecule has 0 amide bonds. The minimum Gasteiger partial charge on any atom is -0.481 e. The Morgan fingerprint density at radius 1 is 1.03 bits per heavy atom. The van der Waals surface area contributed by atoms with Crippen LogP contribution in [0.15, 0.2) is 48.5 Å². The summed E-state index contributed by atoms with van der Waals surface area (Å²) in [6.45, 7) is 10.4. The summed E-state index contributed by atoms with van der Waals surface area (Å²) < 4.78 is 11.2. The molecule has 0 spiro atoms. The van der Waals surface area contributed by atoms with Crippen molar-refractivity contribution in [3.05, 3.63) is 59.8 Å². The van der Waals surface area contributed by atoms with Gasteiger partial charge in [-0.3, -0.25) is 0 Å². The molecule has 0 aliphatic heterocycles. The lowest BCUT2D eigenvalue weighted by molar-refractivity contribution is 0.0231. The van der Waals surface area contributed by atoms with Crippen LogP contribution in [0.4, 0.5) is 0 Å². The number of hydrogen-bond donors (Lipinski definition) is 0. The van der Waals surface area contributed by atoms with E-state index < -0.39 is 5.97 Å². The van der Waals surface area contributed by atoms with E-state index in [2.05, 4.69) is 31.9 Å². The SMILES string of the molecule is C#CCOc1ccc2cc(C(=O)OC(C)C(C)C)nc(-c3ccc(C(C)C)cc3)c2c1. The number of rotatable bonds is 7. The maximum absolute atomic E-state index is 12.8. The van der Waals surface area contributed by atoms with E-state index in [9.17, 15) is 4.79 Å². The normalized spacial score (nSPS) is 12.1. The van der Waals surface area contributed by atoms with E-state index in [4.69, 9.17) is 20.9 Å². The highest BCUT2D eigenvalue weighted by atomic mass is 16.5. The number of ether oxygens (including phenoxy) is 2. The Kier molecular flexibility index (Phi) is 6.97. The largest absolute Gasteiger partial charge is 0.481 e. The molecule has 3 rings (SSSR count). The molecule has 0 radical (unpaired) electrons. The molecule has 1 unspecified atom stereocenters. The lowest BCUT2D eigenvalue weighted by atomic mass is 9.98. The van der Waals surface area contributed by atoms with Crippen molar-refractivity contribution in [2.24, 2.45) is 5.92 Å². The van der Waals surface area contributed by atoms with Crippen LogP contribution in [0.1, 0.15) is 56.6 Å². The second-order valence-corrected chi connectivity index (χ2v) is 8.36. The second kappa shape index (κ2) is 9.66. The molecule has 0 aliphatic carbocycles. The number of pyridine rings is 1. The summed E-state index contributed by atoms with van der Waals surface area (Å²) in [6.07, 6.45) is 5.13. The van der Waals surface area contributed by atoms with Crippen molar-refractivity contribution in [2.45, 2.75) is 46.6 Å². The number of carbonyl (C=O) groups excluding carboxylic acids is 1. The fourth-order valence-corrected chi connectivity index (χ4v) is 3.16. The topological polar surface area (TPSA) is 48.4 Å². The average Bonchev–Trinajstić information content (AvgIpc) is 2.76. The molecule has 4 heteroatoms. The zero-order valence-electron chi connectivity index (χ0n) is 18.8. The lowest BCUT2D eigenvalue weighted by Gasteiger charge is -2.17. The standard InChI is InChI=1S/C27H29NO3/c1-7-14-30-23-13-12-22-15-25(27(29)31-19(6)17(2)3)28-26(24(22)16-23)21-10-8-20(9-11-21)18(4)5/h1,8-13,15-19H,14H2,2-6H3. The Hall–Kier alpha value is -3.32. The smallest absolute Gasteiger partial charge is 0.357 e. The third-order valence-electron chi connectivity index (χ3n) is 5.42. The Morgan fingerprint density at radius 2 is 1.74 bits per heavy atom. The van der Waals surface area contributed by atoms with E-state index in [-0.39, 0.29) is 18.6 Å². The van der Waals surface area contributed by atoms with Crippen LogP contribution < -0.4 is 4.74 Å². The maximum atomic E-state index is 12.8. The number of terminal acetylenes is 1. The Bertz CT molecular complexity index is 1110. The molecule has 160 valence electrons. The van der Waals surface area contributed by atoms with Crippen LogP contribution in [-0.4, -0.2) is 23.7 Å². The van der Waals surface area contributed by atoms with E-state index in [0.717, 1.165) is 16.3 Å². The van der Waals surface area contributed by atoms with E-state index in [0.29, 0.717) is 23.1 Å². The highest BCUT2D eigenvalue weighted by Crippen LogP contribution is 2.32. The maximum Gasteiger partial charge on any atom is 0.357 e. The van der Waals surface area contributed by atoms with Gasteiger partial charge in [-0.05, 0) is 47.9 Å². The van der Waals surface area contributed by atoms with Gasteiger partial charge >= 0.3 is 5.97 Å². The number of fused-ring (bicyclic) bond motifs is 1. The fraction of sp³-hybridized carbons (Fsp3) is 0.333. The highest BCUT2D eigenvalue weighted by Gasteiger charge is 2.19. The van der Waals surface area contributed by atoms with Crippen LogP contribution in [0.25, 0.3) is 22.0 Å². The van der Waals surface area contributed by atoms with Gasteiger partial charge < -0.3 is 9.47 Å². The molecule has 1 aromatic heterocycles. The monoisotopic (exact) mass is 415 g/mol. The first-order valence-electron chi connectivity index (χ1n) is 10.6. The Labute approximate surface area is 184 Å². The fourth-order valence-electron chi connectivity index (χ4n) is 3.16. The molecule has 2 aromatic carbocycles. The first-order valence-corrected chi connectivity index (χ1v) is 10.6. The van der Waals surface area contributed by atoms with Crippen LogP contribution in [0.3, 0.4) is 0 Å². The quantitative estimate of drug-likeness (QED) is 0.339. The van der Waals surface area contributed by atoms with Crippen molar-refractivity contribution in [3.63, 3.8) is 0 Å². The third kappa shape index (κ3) is 5.24. The van der Waals surface area contributed by atoms with Gasteiger partial charge in [0.25, 0.3) is 0 Å². The predicted octanol–water partition coefficient (Wildman–Crippen LogP) is 6.24. The Balaban J connectivity index is 2.12. The van der Waals surface area contributed by atoms with E-state index >= 15 is 0 Å². The van der Waals surface area contributed by atoms with Crippen LogP contribution in [-0.2, 0) is 4.74 Å². The summed E-state index contributed by atoms with van der Waals surface area (Å²) in [4.78, 5) is 17.5. The molecule has 0 bridgehead atoms. The molecule has 3 aromatic rings. The molecular formula is C27H29NO3. The average molecular weight is 416 g/mol. The zero-order valence-corrected chi connectivity index (χ0v) is 18.8. The van der Waals surface area contributed by atoms with Crippen molar-refractivity contribution in [2.75, 3.05) is 6.61 Å². The molecule has 1 atom stereocenters. The number of benzene rings is 2. The molecule has 0 saturated heterocycles. The first kappa shape index (κ1) is 22.4. The minimum absolute atomic E-state index is 0.189. The zero-order chi connectivity index (χ0) is 22.5. The van der Waals surface area contributed by atoms with Gasteiger partial charge in [0.1, 0.15) is 24.2 Å². The number of nitrogens with zero attached hydrogens (tertiary/aromatic N) is 1. The number of hydrogen-bond acceptors (Lipinski definition) is 4. The van der Waals surface area contributed by atoms with Gasteiger partial charge in [-0.25, -0.2) is 9.78 Å². The van der Waals surface area contributed by atoms with Crippen molar-refractivity contribution >= 4 is 16.7 Å². The van der Waals surface area contributed by atoms with Crippen LogP contribution >= 0.6 is 0 Å². The number of aromatic nitrogens is 1. The molecule has 4 nitrogen and oxygen atoms in total. The summed E-state index contributed by atoms with van der Waals surface area (Å²) >= 11 is 0. The van der Waals surface area contributed by atoms with Gasteiger partial charge in [0.2, 0.25) is 0 Å². The molecule has 0 saturated carbocycles. The molecular weight excluding hydrogens is 386 g/mol. The molecule has 31 heavy (non-hydrogen) atoms. The minimum atomic E-state index is -0.421. The van der Waals surface area contributed by atoms with Crippen molar-refractivity contribution in [1.29, 1.82) is 0 Å². The van der Waals surface area contributed by atoms with Gasteiger partial charge in [0.05, 0.1) is 5.69 Å². The van der Waals surface area contributed by atoms with Crippen LogP contribution in [0.2, 0.25) is 0 Å². The van der Waals surface area contributed by atoms with Crippen molar-refractivity contribution < 1.29 is 14.3 Å². The van der Waals surface area contributed by atoms with Crippen molar-refractivity contribution in [1.82, 2.24) is 4.98 Å². The van der Waals surface area contributed by atoms with Gasteiger partial charge in [-0.1, -0.05) is 63.9 Å². The summed E-state index contributed by atoms with van der Waals surface area (Å²) in [5.41, 5.74) is 3.17. The van der Waals surface area contributed by atoms with E-state index in [1.807, 2.05) is 51.1 Å². The van der Waals surface area contributed by atoms with Crippen LogP contribution in [0, 0.1) is 18.3 Å². The highest BCUT2D eigenvalue weighted by molar-refractivity contribution is 6.00. The van der Waals surface area contributed by atoms with E-state index in [1.54, 1.807) is 6.07 Å². The van der Waals surface area contributed by atoms with Crippen molar-refractivity contribution in [3.8, 4) is 29.4 Å². The van der Waals surface area contributed by atoms with Gasteiger partial charge in [-0.2, -0.15) is 0 Å². The lowest BCUT2D eigenvalue weighted by Crippen LogP contribution is -2.21. The Morgan fingerprint density at radius 3 is 2.35 bits per heavy atom. The van der Waals surface area contributed by atoms with Gasteiger partial charge in [0.15, 0.2) is 0 Å². The summed E-state index contributed by atoms with van der Waals surface area (Å²) in [7, 11) is 0. The first-order chi connectivity index (χ1) is 14.8. The number of esters is 1. The molecule has 0 N–H and O–H groups in total. The molecule has 0 aliphatic rings. The second-order valence-electron chi connectivity index (χ2n) is 8.36. The van der Waals surface area contributed by atoms with E-state index in [1.165, 1.54) is 5.56 Å². The molecule has 1 heterocycles. The summed E-state index contributed by atoms with van der Waals surface area (Å²) in [6, 6.07) is 15.7.